The highest BCUT2D eigenvalue weighted by Crippen LogP contribution is 2.35. The van der Waals surface area contributed by atoms with Crippen molar-refractivity contribution in [3.8, 4) is 11.5 Å². The Labute approximate surface area is 109 Å². The van der Waals surface area contributed by atoms with E-state index in [4.69, 9.17) is 14.6 Å². The van der Waals surface area contributed by atoms with E-state index in [0.29, 0.717) is 41.4 Å². The van der Waals surface area contributed by atoms with Gasteiger partial charge in [0, 0.05) is 18.5 Å². The Bertz CT molecular complexity index is 669. The van der Waals surface area contributed by atoms with E-state index in [2.05, 4.69) is 10.3 Å². The smallest absolute Gasteiger partial charge is 0.339 e. The van der Waals surface area contributed by atoms with Crippen molar-refractivity contribution in [1.82, 2.24) is 4.98 Å². The molecule has 2 aromatic rings. The van der Waals surface area contributed by atoms with Gasteiger partial charge in [-0.15, -0.1) is 0 Å². The van der Waals surface area contributed by atoms with E-state index < -0.39 is 5.97 Å². The number of benzene rings is 1. The normalized spacial score (nSPS) is 13.3. The molecule has 0 bridgehead atoms. The van der Waals surface area contributed by atoms with Crippen molar-refractivity contribution >= 4 is 22.7 Å². The fourth-order valence-electron chi connectivity index (χ4n) is 2.06. The predicted octanol–water partition coefficient (Wildman–Crippen LogP) is 1.75. The van der Waals surface area contributed by atoms with E-state index in [1.165, 1.54) is 0 Å². The molecular weight excluding hydrogens is 248 g/mol. The number of ether oxygens (including phenoxy) is 2. The number of aromatic nitrogens is 1. The van der Waals surface area contributed by atoms with Crippen molar-refractivity contribution < 1.29 is 19.4 Å². The number of carboxylic acids is 1. The lowest BCUT2D eigenvalue weighted by atomic mass is 10.1. The lowest BCUT2D eigenvalue weighted by molar-refractivity contribution is 0.0698. The van der Waals surface area contributed by atoms with Crippen molar-refractivity contribution in [1.29, 1.82) is 0 Å². The first-order valence-corrected chi connectivity index (χ1v) is 5.84. The van der Waals surface area contributed by atoms with Crippen LogP contribution in [0.25, 0.3) is 10.9 Å². The topological polar surface area (TPSA) is 80.7 Å². The van der Waals surface area contributed by atoms with E-state index in [1.807, 2.05) is 0 Å². The number of aromatic carboxylic acids is 1. The van der Waals surface area contributed by atoms with E-state index >= 15 is 0 Å². The third-order valence-corrected chi connectivity index (χ3v) is 2.95. The first-order valence-electron chi connectivity index (χ1n) is 5.84. The first kappa shape index (κ1) is 11.6. The van der Waals surface area contributed by atoms with Gasteiger partial charge in [-0.25, -0.2) is 9.78 Å². The van der Waals surface area contributed by atoms with Gasteiger partial charge in [-0.05, 0) is 12.1 Å². The Kier molecular flexibility index (Phi) is 2.63. The van der Waals surface area contributed by atoms with E-state index in [0.717, 1.165) is 0 Å². The zero-order valence-corrected chi connectivity index (χ0v) is 10.3. The van der Waals surface area contributed by atoms with Crippen LogP contribution in [0.2, 0.25) is 0 Å². The Morgan fingerprint density at radius 3 is 2.58 bits per heavy atom. The molecule has 1 aromatic heterocycles. The highest BCUT2D eigenvalue weighted by atomic mass is 16.6. The average Bonchev–Trinajstić information content (AvgIpc) is 2.43. The van der Waals surface area contributed by atoms with Gasteiger partial charge >= 0.3 is 5.97 Å². The second-order valence-corrected chi connectivity index (χ2v) is 4.13. The van der Waals surface area contributed by atoms with Gasteiger partial charge in [0.15, 0.2) is 11.5 Å². The summed E-state index contributed by atoms with van der Waals surface area (Å²) >= 11 is 0. The number of carboxylic acid groups (broad SMARTS) is 1. The largest absolute Gasteiger partial charge is 0.486 e. The van der Waals surface area contributed by atoms with E-state index in [-0.39, 0.29) is 5.56 Å². The van der Waals surface area contributed by atoms with Gasteiger partial charge in [-0.3, -0.25) is 0 Å². The summed E-state index contributed by atoms with van der Waals surface area (Å²) in [7, 11) is 1.64. The van der Waals surface area contributed by atoms with Crippen molar-refractivity contribution in [3.63, 3.8) is 0 Å². The lowest BCUT2D eigenvalue weighted by Gasteiger charge is -2.19. The van der Waals surface area contributed by atoms with Gasteiger partial charge in [0.25, 0.3) is 0 Å². The molecule has 0 unspecified atom stereocenters. The Balaban J connectivity index is 2.24. The number of nitrogens with one attached hydrogen (secondary N) is 1. The molecule has 0 saturated heterocycles. The van der Waals surface area contributed by atoms with Gasteiger partial charge in [-0.1, -0.05) is 0 Å². The summed E-state index contributed by atoms with van der Waals surface area (Å²) in [5.74, 6) is 0.566. The molecule has 3 rings (SSSR count). The number of hydrogen-bond acceptors (Lipinski definition) is 5. The molecule has 2 heterocycles. The standard InChI is InChI=1S/C13H12N2O4/c1-14-12-8(13(16)17)4-7-5-10-11(6-9(7)15-12)19-3-2-18-10/h4-6H,2-3H2,1H3,(H,14,15)(H,16,17). The number of nitrogens with zero attached hydrogens (tertiary/aromatic N) is 1. The molecule has 0 fully saturated rings. The van der Waals surface area contributed by atoms with Crippen molar-refractivity contribution in [2.24, 2.45) is 0 Å². The summed E-state index contributed by atoms with van der Waals surface area (Å²) in [5.41, 5.74) is 0.797. The molecule has 0 radical (unpaired) electrons. The highest BCUT2D eigenvalue weighted by molar-refractivity contribution is 5.98. The summed E-state index contributed by atoms with van der Waals surface area (Å²) in [5, 5.41) is 12.7. The van der Waals surface area contributed by atoms with Crippen LogP contribution in [0.15, 0.2) is 18.2 Å². The summed E-state index contributed by atoms with van der Waals surface area (Å²) in [6, 6.07) is 5.09. The van der Waals surface area contributed by atoms with E-state index in [1.54, 1.807) is 25.2 Å². The van der Waals surface area contributed by atoms with Crippen LogP contribution in [-0.2, 0) is 0 Å². The molecule has 0 spiro atoms. The molecule has 98 valence electrons. The maximum Gasteiger partial charge on any atom is 0.339 e. The Hall–Kier alpha value is -2.50. The third kappa shape index (κ3) is 1.91. The molecular formula is C13H12N2O4. The maximum atomic E-state index is 11.2. The molecule has 6 nitrogen and oxygen atoms in total. The van der Waals surface area contributed by atoms with Gasteiger partial charge in [-0.2, -0.15) is 0 Å². The number of pyridine rings is 1. The molecule has 2 N–H and O–H groups in total. The van der Waals surface area contributed by atoms with Crippen LogP contribution in [0.3, 0.4) is 0 Å². The highest BCUT2D eigenvalue weighted by Gasteiger charge is 2.17. The molecule has 1 aliphatic rings. The van der Waals surface area contributed by atoms with Gasteiger partial charge in [0.05, 0.1) is 5.52 Å². The first-order chi connectivity index (χ1) is 9.19. The maximum absolute atomic E-state index is 11.2. The van der Waals surface area contributed by atoms with E-state index in [9.17, 15) is 4.79 Å². The second-order valence-electron chi connectivity index (χ2n) is 4.13. The fourth-order valence-corrected chi connectivity index (χ4v) is 2.06. The molecule has 0 atom stereocenters. The quantitative estimate of drug-likeness (QED) is 0.856. The Morgan fingerprint density at radius 2 is 1.95 bits per heavy atom. The third-order valence-electron chi connectivity index (χ3n) is 2.95. The molecule has 0 amide bonds. The summed E-state index contributed by atoms with van der Waals surface area (Å²) in [6.45, 7) is 0.997. The zero-order chi connectivity index (χ0) is 13.4. The van der Waals surface area contributed by atoms with Crippen LogP contribution in [0.4, 0.5) is 5.82 Å². The summed E-state index contributed by atoms with van der Waals surface area (Å²) in [4.78, 5) is 15.5. The molecule has 1 aliphatic heterocycles. The number of carbonyl (C=O) groups is 1. The fraction of sp³-hybridized carbons (Fsp3) is 0.231. The molecule has 6 heteroatoms. The van der Waals surface area contributed by atoms with Crippen molar-refractivity contribution in [2.75, 3.05) is 25.6 Å². The number of anilines is 1. The molecule has 19 heavy (non-hydrogen) atoms. The van der Waals surface area contributed by atoms with Crippen molar-refractivity contribution in [2.45, 2.75) is 0 Å². The van der Waals surface area contributed by atoms with Crippen LogP contribution in [0, 0.1) is 0 Å². The minimum atomic E-state index is -1.02. The molecule has 0 aliphatic carbocycles. The van der Waals surface area contributed by atoms with Crippen LogP contribution < -0.4 is 14.8 Å². The average molecular weight is 260 g/mol. The number of hydrogen-bond donors (Lipinski definition) is 2. The zero-order valence-electron chi connectivity index (χ0n) is 10.3. The lowest BCUT2D eigenvalue weighted by Crippen LogP contribution is -2.15. The molecule has 1 aromatic carbocycles. The summed E-state index contributed by atoms with van der Waals surface area (Å²) < 4.78 is 11.0. The van der Waals surface area contributed by atoms with Gasteiger partial charge in [0.1, 0.15) is 24.6 Å². The van der Waals surface area contributed by atoms with Crippen LogP contribution in [0.1, 0.15) is 10.4 Å². The minimum Gasteiger partial charge on any atom is -0.486 e. The SMILES string of the molecule is CNc1nc2cc3c(cc2cc1C(=O)O)OCCO3. The number of fused-ring (bicyclic) bond motifs is 2. The molecule has 0 saturated carbocycles. The predicted molar refractivity (Wildman–Crippen MR) is 69.2 cm³/mol. The minimum absolute atomic E-state index is 0.131. The van der Waals surface area contributed by atoms with Crippen LogP contribution in [0.5, 0.6) is 11.5 Å². The van der Waals surface area contributed by atoms with Crippen molar-refractivity contribution in [3.05, 3.63) is 23.8 Å². The summed E-state index contributed by atoms with van der Waals surface area (Å²) in [6.07, 6.45) is 0. The van der Waals surface area contributed by atoms with Crippen LogP contribution in [-0.4, -0.2) is 36.3 Å². The van der Waals surface area contributed by atoms with Gasteiger partial charge in [0.2, 0.25) is 0 Å². The Morgan fingerprint density at radius 1 is 1.26 bits per heavy atom. The second kappa shape index (κ2) is 4.31. The van der Waals surface area contributed by atoms with Crippen LogP contribution >= 0.6 is 0 Å². The monoisotopic (exact) mass is 260 g/mol. The van der Waals surface area contributed by atoms with Gasteiger partial charge < -0.3 is 19.9 Å². The number of rotatable bonds is 2.